The van der Waals surface area contributed by atoms with Crippen molar-refractivity contribution in [2.45, 2.75) is 43.9 Å². The standard InChI is InChI=1S/C13H21NO2/c1-3-11(8-15)14-12-4-9-6-13(16-2)7-10(9)5-12/h1,9-15H,4-8H2,2H3/t9-,10+,11?,12?,13?. The summed E-state index contributed by atoms with van der Waals surface area (Å²) in [5, 5.41) is 12.4. The van der Waals surface area contributed by atoms with E-state index in [0.29, 0.717) is 12.1 Å². The molecule has 3 heteroatoms. The molecule has 2 aliphatic carbocycles. The number of aliphatic hydroxyl groups excluding tert-OH is 1. The molecule has 2 fully saturated rings. The third-order valence-corrected chi connectivity index (χ3v) is 4.13. The van der Waals surface area contributed by atoms with Gasteiger partial charge in [-0.15, -0.1) is 6.42 Å². The van der Waals surface area contributed by atoms with Crippen LogP contribution in [0.25, 0.3) is 0 Å². The summed E-state index contributed by atoms with van der Waals surface area (Å²) >= 11 is 0. The number of hydrogen-bond acceptors (Lipinski definition) is 3. The van der Waals surface area contributed by atoms with Gasteiger partial charge in [0.2, 0.25) is 0 Å². The molecule has 0 bridgehead atoms. The lowest BCUT2D eigenvalue weighted by Gasteiger charge is -2.18. The van der Waals surface area contributed by atoms with E-state index in [1.54, 1.807) is 0 Å². The molecule has 0 aromatic heterocycles. The first kappa shape index (κ1) is 11.9. The number of nitrogens with one attached hydrogen (secondary N) is 1. The van der Waals surface area contributed by atoms with Crippen LogP contribution < -0.4 is 5.32 Å². The van der Waals surface area contributed by atoms with E-state index >= 15 is 0 Å². The molecule has 16 heavy (non-hydrogen) atoms. The van der Waals surface area contributed by atoms with Crippen LogP contribution in [0.5, 0.6) is 0 Å². The maximum absolute atomic E-state index is 9.04. The predicted octanol–water partition coefficient (Wildman–Crippen LogP) is 0.774. The number of methoxy groups -OCH3 is 1. The zero-order chi connectivity index (χ0) is 11.5. The Morgan fingerprint density at radius 1 is 1.38 bits per heavy atom. The molecule has 0 amide bonds. The molecule has 2 saturated carbocycles. The highest BCUT2D eigenvalue weighted by atomic mass is 16.5. The smallest absolute Gasteiger partial charge is 0.0923 e. The highest BCUT2D eigenvalue weighted by Gasteiger charge is 2.41. The minimum atomic E-state index is -0.179. The van der Waals surface area contributed by atoms with Crippen molar-refractivity contribution in [2.24, 2.45) is 11.8 Å². The highest BCUT2D eigenvalue weighted by molar-refractivity contribution is 5.02. The van der Waals surface area contributed by atoms with Crippen LogP contribution in [0.3, 0.4) is 0 Å². The van der Waals surface area contributed by atoms with Gasteiger partial charge >= 0.3 is 0 Å². The summed E-state index contributed by atoms with van der Waals surface area (Å²) in [5.74, 6) is 4.16. The molecule has 2 aliphatic rings. The molecule has 3 unspecified atom stereocenters. The lowest BCUT2D eigenvalue weighted by Crippen LogP contribution is -2.38. The first-order chi connectivity index (χ1) is 7.76. The topological polar surface area (TPSA) is 41.5 Å². The van der Waals surface area contributed by atoms with E-state index in [1.807, 2.05) is 7.11 Å². The average Bonchev–Trinajstić information content (AvgIpc) is 2.82. The third kappa shape index (κ3) is 2.40. The fourth-order valence-corrected chi connectivity index (χ4v) is 3.33. The minimum Gasteiger partial charge on any atom is -0.394 e. The minimum absolute atomic E-state index is 0.0308. The van der Waals surface area contributed by atoms with Crippen LogP contribution in [0, 0.1) is 24.2 Å². The molecule has 0 aliphatic heterocycles. The Morgan fingerprint density at radius 3 is 2.44 bits per heavy atom. The molecule has 90 valence electrons. The second kappa shape index (κ2) is 5.18. The van der Waals surface area contributed by atoms with Gasteiger partial charge in [0.15, 0.2) is 0 Å². The van der Waals surface area contributed by atoms with E-state index in [0.717, 1.165) is 11.8 Å². The van der Waals surface area contributed by atoms with Gasteiger partial charge < -0.3 is 9.84 Å². The number of aliphatic hydroxyl groups is 1. The van der Waals surface area contributed by atoms with Crippen LogP contribution in [-0.4, -0.2) is 37.0 Å². The van der Waals surface area contributed by atoms with Gasteiger partial charge in [0.1, 0.15) is 0 Å². The van der Waals surface area contributed by atoms with E-state index in [2.05, 4.69) is 11.2 Å². The van der Waals surface area contributed by atoms with Crippen molar-refractivity contribution in [1.29, 1.82) is 0 Å². The predicted molar refractivity (Wildman–Crippen MR) is 62.9 cm³/mol. The van der Waals surface area contributed by atoms with Crippen molar-refractivity contribution < 1.29 is 9.84 Å². The summed E-state index contributed by atoms with van der Waals surface area (Å²) in [6.45, 7) is 0.0308. The van der Waals surface area contributed by atoms with E-state index in [4.69, 9.17) is 16.3 Å². The molecule has 0 saturated heterocycles. The molecule has 0 aromatic rings. The summed E-state index contributed by atoms with van der Waals surface area (Å²) in [5.41, 5.74) is 0. The second-order valence-electron chi connectivity index (χ2n) is 5.09. The largest absolute Gasteiger partial charge is 0.394 e. The van der Waals surface area contributed by atoms with Gasteiger partial charge in [-0.3, -0.25) is 5.32 Å². The lowest BCUT2D eigenvalue weighted by atomic mass is 10.0. The summed E-state index contributed by atoms with van der Waals surface area (Å²) in [6.07, 6.45) is 10.6. The van der Waals surface area contributed by atoms with Gasteiger partial charge in [-0.05, 0) is 37.5 Å². The first-order valence-corrected chi connectivity index (χ1v) is 6.12. The van der Waals surface area contributed by atoms with Gasteiger partial charge in [0.05, 0.1) is 18.8 Å². The van der Waals surface area contributed by atoms with Crippen molar-refractivity contribution >= 4 is 0 Å². The summed E-state index contributed by atoms with van der Waals surface area (Å²) < 4.78 is 5.41. The van der Waals surface area contributed by atoms with E-state index in [1.165, 1.54) is 25.7 Å². The van der Waals surface area contributed by atoms with Crippen LogP contribution in [0.15, 0.2) is 0 Å². The third-order valence-electron chi connectivity index (χ3n) is 4.13. The molecule has 2 N–H and O–H groups in total. The van der Waals surface area contributed by atoms with E-state index < -0.39 is 0 Å². The molecule has 0 heterocycles. The van der Waals surface area contributed by atoms with Crippen LogP contribution in [-0.2, 0) is 4.74 Å². The number of terminal acetylenes is 1. The van der Waals surface area contributed by atoms with Crippen molar-refractivity contribution in [3.8, 4) is 12.3 Å². The average molecular weight is 223 g/mol. The number of fused-ring (bicyclic) bond motifs is 1. The normalized spacial score (nSPS) is 39.3. The number of ether oxygens (including phenoxy) is 1. The van der Waals surface area contributed by atoms with Crippen LogP contribution in [0.4, 0.5) is 0 Å². The fourth-order valence-electron chi connectivity index (χ4n) is 3.33. The second-order valence-corrected chi connectivity index (χ2v) is 5.09. The Kier molecular flexibility index (Phi) is 3.86. The van der Waals surface area contributed by atoms with Gasteiger partial charge in [-0.25, -0.2) is 0 Å². The zero-order valence-corrected chi connectivity index (χ0v) is 9.86. The van der Waals surface area contributed by atoms with Crippen LogP contribution in [0.2, 0.25) is 0 Å². The Morgan fingerprint density at radius 2 is 2.00 bits per heavy atom. The zero-order valence-electron chi connectivity index (χ0n) is 9.86. The summed E-state index contributed by atoms with van der Waals surface area (Å²) in [6, 6.07) is 0.308. The maximum Gasteiger partial charge on any atom is 0.0923 e. The lowest BCUT2D eigenvalue weighted by molar-refractivity contribution is 0.0999. The van der Waals surface area contributed by atoms with Gasteiger partial charge in [0, 0.05) is 13.2 Å². The molecule has 0 aromatic carbocycles. The molecular formula is C13H21NO2. The number of hydrogen-bond donors (Lipinski definition) is 2. The van der Waals surface area contributed by atoms with Gasteiger partial charge in [0.25, 0.3) is 0 Å². The molecule has 2 rings (SSSR count). The van der Waals surface area contributed by atoms with E-state index in [9.17, 15) is 0 Å². The van der Waals surface area contributed by atoms with Crippen molar-refractivity contribution in [3.63, 3.8) is 0 Å². The quantitative estimate of drug-likeness (QED) is 0.692. The summed E-state index contributed by atoms with van der Waals surface area (Å²) in [4.78, 5) is 0. The van der Waals surface area contributed by atoms with Gasteiger partial charge in [-0.2, -0.15) is 0 Å². The molecule has 0 radical (unpaired) electrons. The first-order valence-electron chi connectivity index (χ1n) is 6.12. The van der Waals surface area contributed by atoms with Crippen LogP contribution in [0.1, 0.15) is 25.7 Å². The van der Waals surface area contributed by atoms with Gasteiger partial charge in [-0.1, -0.05) is 5.92 Å². The number of rotatable bonds is 4. The van der Waals surface area contributed by atoms with E-state index in [-0.39, 0.29) is 12.6 Å². The Bertz CT molecular complexity index is 260. The highest BCUT2D eigenvalue weighted by Crippen LogP contribution is 2.44. The Hall–Kier alpha value is -0.560. The maximum atomic E-state index is 9.04. The molecule has 3 nitrogen and oxygen atoms in total. The van der Waals surface area contributed by atoms with Crippen LogP contribution >= 0.6 is 0 Å². The molecule has 0 spiro atoms. The van der Waals surface area contributed by atoms with Crippen molar-refractivity contribution in [2.75, 3.05) is 13.7 Å². The van der Waals surface area contributed by atoms with Crippen molar-refractivity contribution in [3.05, 3.63) is 0 Å². The Labute approximate surface area is 97.6 Å². The monoisotopic (exact) mass is 223 g/mol. The molecule has 5 atom stereocenters. The SMILES string of the molecule is C#CC(CO)NC1C[C@@H]2CC(OC)C[C@@H]2C1. The fraction of sp³-hybridized carbons (Fsp3) is 0.846. The van der Waals surface area contributed by atoms with Crippen molar-refractivity contribution in [1.82, 2.24) is 5.32 Å². The Balaban J connectivity index is 1.81. The summed E-state index contributed by atoms with van der Waals surface area (Å²) in [7, 11) is 1.81. The molecular weight excluding hydrogens is 202 g/mol.